The number of hydrogen-bond donors (Lipinski definition) is 0. The minimum Gasteiger partial charge on any atom is -0.310 e. The molecule has 0 radical (unpaired) electrons. The number of fused-ring (bicyclic) bond motifs is 6. The molecule has 122 valence electrons. The molecule has 0 N–H and O–H groups in total. The lowest BCUT2D eigenvalue weighted by Crippen LogP contribution is -2.43. The maximum absolute atomic E-state index is 12.7. The zero-order valence-electron chi connectivity index (χ0n) is 13.2. The van der Waals surface area contributed by atoms with Crippen LogP contribution in [0.15, 0.2) is 36.4 Å². The standard InChI is InChI=1S/C19H18N2O3/c22-15(20-8-7-11-3-1-2-4-14(11)20)10-21-18(23)16-12-5-6-13(9-12)17(16)19(21)24/h1-6,12-13,16-17H,7-10H2/t12-,13-,16-,17+/m0/s1. The van der Waals surface area contributed by atoms with E-state index in [4.69, 9.17) is 0 Å². The fourth-order valence-electron chi connectivity index (χ4n) is 4.94. The molecule has 2 aliphatic carbocycles. The number of anilines is 1. The molecule has 0 spiro atoms. The molecule has 1 saturated heterocycles. The fraction of sp³-hybridized carbons (Fsp3) is 0.421. The van der Waals surface area contributed by atoms with Crippen LogP contribution in [0.3, 0.4) is 0 Å². The molecule has 5 nitrogen and oxygen atoms in total. The van der Waals surface area contributed by atoms with Crippen molar-refractivity contribution < 1.29 is 14.4 Å². The number of allylic oxidation sites excluding steroid dienone is 2. The van der Waals surface area contributed by atoms with Gasteiger partial charge in [-0.2, -0.15) is 0 Å². The van der Waals surface area contributed by atoms with E-state index in [-0.39, 0.29) is 47.9 Å². The SMILES string of the molecule is O=C1[C@@H]2[C@H](C(=O)N1CC(=O)N1CCc3ccccc31)[C@H]1C=C[C@H]2C1. The molecule has 5 heteroatoms. The maximum Gasteiger partial charge on any atom is 0.247 e. The second-order valence-corrected chi connectivity index (χ2v) is 7.19. The molecule has 24 heavy (non-hydrogen) atoms. The number of rotatable bonds is 2. The third-order valence-electron chi connectivity index (χ3n) is 6.04. The van der Waals surface area contributed by atoms with Crippen LogP contribution in [0.4, 0.5) is 5.69 Å². The summed E-state index contributed by atoms with van der Waals surface area (Å²) in [7, 11) is 0. The van der Waals surface area contributed by atoms with E-state index in [0.29, 0.717) is 6.54 Å². The van der Waals surface area contributed by atoms with Crippen molar-refractivity contribution in [1.82, 2.24) is 4.90 Å². The monoisotopic (exact) mass is 322 g/mol. The molecular weight excluding hydrogens is 304 g/mol. The van der Waals surface area contributed by atoms with Gasteiger partial charge in [-0.15, -0.1) is 0 Å². The Morgan fingerprint density at radius 3 is 2.42 bits per heavy atom. The predicted octanol–water partition coefficient (Wildman–Crippen LogP) is 1.38. The minimum absolute atomic E-state index is 0.127. The van der Waals surface area contributed by atoms with Crippen LogP contribution in [0.25, 0.3) is 0 Å². The molecule has 1 aromatic rings. The number of nitrogens with zero attached hydrogens (tertiary/aromatic N) is 2. The van der Waals surface area contributed by atoms with Crippen molar-refractivity contribution in [1.29, 1.82) is 0 Å². The lowest BCUT2D eigenvalue weighted by molar-refractivity contribution is -0.143. The Hall–Kier alpha value is -2.43. The molecule has 2 fully saturated rings. The molecule has 1 aromatic carbocycles. The summed E-state index contributed by atoms with van der Waals surface area (Å²) in [6.07, 6.45) is 5.87. The van der Waals surface area contributed by atoms with Gasteiger partial charge in [-0.25, -0.2) is 0 Å². The summed E-state index contributed by atoms with van der Waals surface area (Å²) in [5.41, 5.74) is 2.05. The lowest BCUT2D eigenvalue weighted by atomic mass is 9.85. The number of likely N-dealkylation sites (tertiary alicyclic amines) is 1. The topological polar surface area (TPSA) is 57.7 Å². The van der Waals surface area contributed by atoms with Crippen LogP contribution in [0.1, 0.15) is 12.0 Å². The van der Waals surface area contributed by atoms with Gasteiger partial charge in [0.1, 0.15) is 6.54 Å². The molecule has 2 aliphatic heterocycles. The van der Waals surface area contributed by atoms with Crippen molar-refractivity contribution in [3.05, 3.63) is 42.0 Å². The highest BCUT2D eigenvalue weighted by atomic mass is 16.2. The van der Waals surface area contributed by atoms with Gasteiger partial charge in [-0.1, -0.05) is 30.4 Å². The van der Waals surface area contributed by atoms with E-state index in [9.17, 15) is 14.4 Å². The summed E-state index contributed by atoms with van der Waals surface area (Å²) in [4.78, 5) is 41.0. The summed E-state index contributed by atoms with van der Waals surface area (Å²) in [5.74, 6) is -0.558. The van der Waals surface area contributed by atoms with E-state index < -0.39 is 0 Å². The molecule has 4 aliphatic rings. The second-order valence-electron chi connectivity index (χ2n) is 7.19. The van der Waals surface area contributed by atoms with E-state index in [1.54, 1.807) is 4.90 Å². The quantitative estimate of drug-likeness (QED) is 0.611. The van der Waals surface area contributed by atoms with Gasteiger partial charge >= 0.3 is 0 Å². The van der Waals surface area contributed by atoms with Crippen molar-refractivity contribution in [2.45, 2.75) is 12.8 Å². The molecule has 2 heterocycles. The third kappa shape index (κ3) is 1.72. The summed E-state index contributed by atoms with van der Waals surface area (Å²) >= 11 is 0. The molecule has 2 bridgehead atoms. The zero-order chi connectivity index (χ0) is 16.4. The van der Waals surface area contributed by atoms with E-state index >= 15 is 0 Å². The number of benzene rings is 1. The maximum atomic E-state index is 12.7. The summed E-state index contributed by atoms with van der Waals surface area (Å²) < 4.78 is 0. The van der Waals surface area contributed by atoms with Crippen LogP contribution in [-0.2, 0) is 20.8 Å². The predicted molar refractivity (Wildman–Crippen MR) is 86.9 cm³/mol. The summed E-state index contributed by atoms with van der Waals surface area (Å²) in [6, 6.07) is 7.81. The van der Waals surface area contributed by atoms with E-state index in [0.717, 1.165) is 24.1 Å². The van der Waals surface area contributed by atoms with Gasteiger partial charge in [0.15, 0.2) is 0 Å². The Balaban J connectivity index is 1.37. The highest BCUT2D eigenvalue weighted by Gasteiger charge is 2.59. The van der Waals surface area contributed by atoms with Crippen molar-refractivity contribution in [2.24, 2.45) is 23.7 Å². The van der Waals surface area contributed by atoms with Crippen LogP contribution in [0.5, 0.6) is 0 Å². The highest BCUT2D eigenvalue weighted by Crippen LogP contribution is 2.52. The van der Waals surface area contributed by atoms with Crippen LogP contribution in [-0.4, -0.2) is 35.7 Å². The van der Waals surface area contributed by atoms with E-state index in [1.807, 2.05) is 24.3 Å². The van der Waals surface area contributed by atoms with Gasteiger partial charge in [-0.3, -0.25) is 19.3 Å². The highest BCUT2D eigenvalue weighted by molar-refractivity contribution is 6.10. The fourth-order valence-corrected chi connectivity index (χ4v) is 4.94. The van der Waals surface area contributed by atoms with Gasteiger partial charge in [0.25, 0.3) is 0 Å². The average Bonchev–Trinajstić information content (AvgIpc) is 3.33. The molecule has 5 rings (SSSR count). The van der Waals surface area contributed by atoms with Crippen molar-refractivity contribution in [3.63, 3.8) is 0 Å². The van der Waals surface area contributed by atoms with Crippen molar-refractivity contribution in [2.75, 3.05) is 18.0 Å². The molecule has 0 aromatic heterocycles. The van der Waals surface area contributed by atoms with Gasteiger partial charge < -0.3 is 4.90 Å². The summed E-state index contributed by atoms with van der Waals surface area (Å²) in [6.45, 7) is 0.493. The molecule has 0 unspecified atom stereocenters. The second kappa shape index (κ2) is 4.79. The Kier molecular flexibility index (Phi) is 2.78. The Labute approximate surface area is 139 Å². The van der Waals surface area contributed by atoms with E-state index in [2.05, 4.69) is 12.2 Å². The lowest BCUT2D eigenvalue weighted by Gasteiger charge is -2.22. The van der Waals surface area contributed by atoms with Gasteiger partial charge in [0.2, 0.25) is 17.7 Å². The number of carbonyl (C=O) groups excluding carboxylic acids is 3. The van der Waals surface area contributed by atoms with Gasteiger partial charge in [0, 0.05) is 12.2 Å². The molecule has 4 atom stereocenters. The first kappa shape index (κ1) is 14.0. The van der Waals surface area contributed by atoms with Crippen LogP contribution in [0, 0.1) is 23.7 Å². The third-order valence-corrected chi connectivity index (χ3v) is 6.04. The summed E-state index contributed by atoms with van der Waals surface area (Å²) in [5, 5.41) is 0. The normalized spacial score (nSPS) is 32.7. The van der Waals surface area contributed by atoms with Crippen LogP contribution in [0.2, 0.25) is 0 Å². The molecular formula is C19H18N2O3. The largest absolute Gasteiger partial charge is 0.310 e. The zero-order valence-corrected chi connectivity index (χ0v) is 13.2. The number of carbonyl (C=O) groups is 3. The van der Waals surface area contributed by atoms with Gasteiger partial charge in [-0.05, 0) is 36.3 Å². The number of hydrogen-bond acceptors (Lipinski definition) is 3. The van der Waals surface area contributed by atoms with Crippen molar-refractivity contribution >= 4 is 23.4 Å². The Morgan fingerprint density at radius 2 is 1.71 bits per heavy atom. The first-order valence-electron chi connectivity index (χ1n) is 8.57. The Morgan fingerprint density at radius 1 is 1.04 bits per heavy atom. The number of para-hydroxylation sites is 1. The van der Waals surface area contributed by atoms with Crippen molar-refractivity contribution in [3.8, 4) is 0 Å². The average molecular weight is 322 g/mol. The minimum atomic E-state index is -0.230. The first-order valence-corrected chi connectivity index (χ1v) is 8.57. The molecule has 1 saturated carbocycles. The van der Waals surface area contributed by atoms with E-state index in [1.165, 1.54) is 4.90 Å². The Bertz CT molecular complexity index is 770. The molecule has 3 amide bonds. The number of amides is 3. The smallest absolute Gasteiger partial charge is 0.247 e. The van der Waals surface area contributed by atoms with Crippen LogP contribution >= 0.6 is 0 Å². The number of imide groups is 1. The van der Waals surface area contributed by atoms with Gasteiger partial charge in [0.05, 0.1) is 11.8 Å². The van der Waals surface area contributed by atoms with Crippen LogP contribution < -0.4 is 4.90 Å². The first-order chi connectivity index (χ1) is 11.6.